The van der Waals surface area contributed by atoms with E-state index in [2.05, 4.69) is 4.72 Å². The molecule has 0 aliphatic heterocycles. The summed E-state index contributed by atoms with van der Waals surface area (Å²) in [7, 11) is -3.78. The summed E-state index contributed by atoms with van der Waals surface area (Å²) in [5.41, 5.74) is -0.528. The summed E-state index contributed by atoms with van der Waals surface area (Å²) in [4.78, 5) is 10.9. The molecule has 6 nitrogen and oxygen atoms in total. The fourth-order valence-corrected chi connectivity index (χ4v) is 3.80. The van der Waals surface area contributed by atoms with Crippen LogP contribution in [0.25, 0.3) is 0 Å². The Morgan fingerprint density at radius 1 is 1.13 bits per heavy atom. The van der Waals surface area contributed by atoms with E-state index >= 15 is 0 Å². The molecule has 0 aliphatic rings. The fourth-order valence-electron chi connectivity index (χ4n) is 2.42. The second kappa shape index (κ2) is 9.38. The Morgan fingerprint density at radius 3 is 2.30 bits per heavy atom. The van der Waals surface area contributed by atoms with Crippen molar-refractivity contribution in [3.63, 3.8) is 0 Å². The van der Waals surface area contributed by atoms with Gasteiger partial charge in [-0.25, -0.2) is 13.2 Å². The molecule has 0 aliphatic carbocycles. The minimum Gasteiger partial charge on any atom is -0.487 e. The van der Waals surface area contributed by atoms with Crippen LogP contribution in [0.15, 0.2) is 42.5 Å². The van der Waals surface area contributed by atoms with E-state index in [4.69, 9.17) is 9.84 Å². The highest BCUT2D eigenvalue weighted by Gasteiger charge is 2.31. The first kappa shape index (κ1) is 23.5. The van der Waals surface area contributed by atoms with Crippen molar-refractivity contribution in [2.45, 2.75) is 33.1 Å². The van der Waals surface area contributed by atoms with Crippen molar-refractivity contribution in [2.75, 3.05) is 10.5 Å². The Balaban J connectivity index is 2.26. The summed E-state index contributed by atoms with van der Waals surface area (Å²) < 4.78 is 71.5. The van der Waals surface area contributed by atoms with Gasteiger partial charge in [0.25, 0.3) is 0 Å². The van der Waals surface area contributed by atoms with Crippen molar-refractivity contribution in [3.8, 4) is 5.75 Å². The molecule has 30 heavy (non-hydrogen) atoms. The number of nitrogens with one attached hydrogen (secondary N) is 1. The van der Waals surface area contributed by atoms with Gasteiger partial charge in [0.1, 0.15) is 12.4 Å². The lowest BCUT2D eigenvalue weighted by molar-refractivity contribution is -0.137. The Kier molecular flexibility index (Phi) is 7.35. The zero-order valence-corrected chi connectivity index (χ0v) is 17.2. The maximum atomic E-state index is 13.1. The predicted octanol–water partition coefficient (Wildman–Crippen LogP) is 4.77. The molecule has 0 bridgehead atoms. The average Bonchev–Trinajstić information content (AvgIpc) is 2.65. The highest BCUT2D eigenvalue weighted by atomic mass is 32.2. The number of hydrogen-bond donors (Lipinski definition) is 2. The number of anilines is 1. The lowest BCUT2D eigenvalue weighted by Crippen LogP contribution is -2.19. The molecule has 0 saturated carbocycles. The van der Waals surface area contributed by atoms with Crippen molar-refractivity contribution >= 4 is 21.7 Å². The van der Waals surface area contributed by atoms with Crippen molar-refractivity contribution in [1.29, 1.82) is 0 Å². The SMILES string of the molecule is CC(C)CCS(=O)(=O)Nc1ccc(C(F)(F)F)cc1OCc1ccc(C(=O)O)cc1. The Morgan fingerprint density at radius 2 is 1.77 bits per heavy atom. The molecule has 0 spiro atoms. The van der Waals surface area contributed by atoms with E-state index < -0.39 is 27.7 Å². The molecule has 2 rings (SSSR count). The summed E-state index contributed by atoms with van der Waals surface area (Å²) in [6.45, 7) is 3.54. The third-order valence-corrected chi connectivity index (χ3v) is 5.44. The molecule has 2 aromatic rings. The summed E-state index contributed by atoms with van der Waals surface area (Å²) in [5, 5.41) is 8.91. The fraction of sp³-hybridized carbons (Fsp3) is 0.350. The van der Waals surface area contributed by atoms with E-state index in [-0.39, 0.29) is 35.3 Å². The number of carboxylic acid groups (broad SMARTS) is 1. The molecule has 0 fully saturated rings. The summed E-state index contributed by atoms with van der Waals surface area (Å²) in [5.74, 6) is -1.43. The molecule has 0 saturated heterocycles. The van der Waals surface area contributed by atoms with Gasteiger partial charge in [0.05, 0.1) is 22.6 Å². The van der Waals surface area contributed by atoms with E-state index in [0.29, 0.717) is 12.0 Å². The number of halogens is 3. The quantitative estimate of drug-likeness (QED) is 0.580. The maximum absolute atomic E-state index is 13.1. The molecule has 0 unspecified atom stereocenters. The summed E-state index contributed by atoms with van der Waals surface area (Å²) in [6.07, 6.45) is -4.24. The van der Waals surface area contributed by atoms with Gasteiger partial charge in [-0.2, -0.15) is 13.2 Å². The van der Waals surface area contributed by atoms with Gasteiger partial charge in [0.2, 0.25) is 10.0 Å². The van der Waals surface area contributed by atoms with Gasteiger partial charge in [-0.1, -0.05) is 26.0 Å². The van der Waals surface area contributed by atoms with Gasteiger partial charge in [0, 0.05) is 0 Å². The molecular weight excluding hydrogens is 423 g/mol. The van der Waals surface area contributed by atoms with Crippen LogP contribution in [0.3, 0.4) is 0 Å². The van der Waals surface area contributed by atoms with E-state index in [1.54, 1.807) is 0 Å². The van der Waals surface area contributed by atoms with Crippen LogP contribution in [0.2, 0.25) is 0 Å². The van der Waals surface area contributed by atoms with Crippen LogP contribution in [0.4, 0.5) is 18.9 Å². The van der Waals surface area contributed by atoms with Crippen molar-refractivity contribution in [1.82, 2.24) is 0 Å². The third-order valence-electron chi connectivity index (χ3n) is 4.13. The maximum Gasteiger partial charge on any atom is 0.416 e. The zero-order valence-electron chi connectivity index (χ0n) is 16.4. The Labute approximate surface area is 172 Å². The highest BCUT2D eigenvalue weighted by Crippen LogP contribution is 2.36. The number of carbonyl (C=O) groups is 1. The van der Waals surface area contributed by atoms with E-state index in [1.807, 2.05) is 13.8 Å². The first-order valence-electron chi connectivity index (χ1n) is 9.04. The van der Waals surface area contributed by atoms with Crippen LogP contribution in [-0.2, 0) is 22.8 Å². The number of benzene rings is 2. The van der Waals surface area contributed by atoms with Gasteiger partial charge in [-0.3, -0.25) is 4.72 Å². The van der Waals surface area contributed by atoms with E-state index in [1.165, 1.54) is 24.3 Å². The minimum absolute atomic E-state index is 0.0522. The standard InChI is InChI=1S/C20H22F3NO5S/c1-13(2)9-10-30(27,28)24-17-8-7-16(20(21,22)23)11-18(17)29-12-14-3-5-15(6-4-14)19(25)26/h3-8,11,13,24H,9-10,12H2,1-2H3,(H,25,26). The number of aromatic carboxylic acids is 1. The van der Waals surface area contributed by atoms with Crippen LogP contribution < -0.4 is 9.46 Å². The van der Waals surface area contributed by atoms with Crippen molar-refractivity contribution in [2.24, 2.45) is 5.92 Å². The molecule has 10 heteroatoms. The number of alkyl halides is 3. The molecule has 0 heterocycles. The highest BCUT2D eigenvalue weighted by molar-refractivity contribution is 7.92. The van der Waals surface area contributed by atoms with Gasteiger partial charge in [0.15, 0.2) is 0 Å². The van der Waals surface area contributed by atoms with Crippen LogP contribution in [0, 0.1) is 5.92 Å². The molecule has 0 radical (unpaired) electrons. The largest absolute Gasteiger partial charge is 0.487 e. The zero-order chi connectivity index (χ0) is 22.5. The lowest BCUT2D eigenvalue weighted by Gasteiger charge is -2.16. The van der Waals surface area contributed by atoms with E-state index in [9.17, 15) is 26.4 Å². The number of sulfonamides is 1. The molecule has 164 valence electrons. The number of ether oxygens (including phenoxy) is 1. The van der Waals surface area contributed by atoms with Gasteiger partial charge >= 0.3 is 12.1 Å². The van der Waals surface area contributed by atoms with Crippen LogP contribution in [-0.4, -0.2) is 25.2 Å². The topological polar surface area (TPSA) is 92.7 Å². The number of rotatable bonds is 9. The van der Waals surface area contributed by atoms with Gasteiger partial charge < -0.3 is 9.84 Å². The average molecular weight is 445 g/mol. The summed E-state index contributed by atoms with van der Waals surface area (Å²) in [6, 6.07) is 8.11. The molecule has 2 N–H and O–H groups in total. The predicted molar refractivity (Wildman–Crippen MR) is 106 cm³/mol. The van der Waals surface area contributed by atoms with Crippen LogP contribution in [0.1, 0.15) is 41.8 Å². The van der Waals surface area contributed by atoms with Crippen LogP contribution in [0.5, 0.6) is 5.75 Å². The summed E-state index contributed by atoms with van der Waals surface area (Å²) >= 11 is 0. The third kappa shape index (κ3) is 6.94. The van der Waals surface area contributed by atoms with Crippen molar-refractivity contribution < 1.29 is 36.2 Å². The van der Waals surface area contributed by atoms with Crippen LogP contribution >= 0.6 is 0 Å². The Bertz CT molecular complexity index is 986. The smallest absolute Gasteiger partial charge is 0.416 e. The van der Waals surface area contributed by atoms with Crippen molar-refractivity contribution in [3.05, 3.63) is 59.2 Å². The molecular formula is C20H22F3NO5S. The molecule has 0 aromatic heterocycles. The number of carboxylic acids is 1. The monoisotopic (exact) mass is 445 g/mol. The van der Waals surface area contributed by atoms with E-state index in [0.717, 1.165) is 18.2 Å². The number of hydrogen-bond acceptors (Lipinski definition) is 4. The first-order valence-corrected chi connectivity index (χ1v) is 10.7. The second-order valence-corrected chi connectivity index (χ2v) is 8.94. The first-order chi connectivity index (χ1) is 13.9. The molecule has 2 aromatic carbocycles. The molecule has 0 atom stereocenters. The van der Waals surface area contributed by atoms with Gasteiger partial charge in [-0.05, 0) is 48.2 Å². The lowest BCUT2D eigenvalue weighted by atomic mass is 10.1. The second-order valence-electron chi connectivity index (χ2n) is 7.10. The van der Waals surface area contributed by atoms with Gasteiger partial charge in [-0.15, -0.1) is 0 Å². The molecule has 0 amide bonds. The normalized spacial score (nSPS) is 12.1. The Hall–Kier alpha value is -2.75. The minimum atomic E-state index is -4.63.